The third-order valence-electron chi connectivity index (χ3n) is 6.89. The standard InChI is InChI=1S/C28H37N3O6/c1-5-35-26(33)22-16-20-17-31(22)25(32)23(28(2,3)4)30-27(34)36-14-8-6-7-9-18-10-11-19-12-13-29-24(37-20)21(19)15-18/h10-13,15,20,22-23H,5-9,14,16-17H2,1-4H3,(H,30,34)/t20-,22+,23-/m1/s1. The van der Waals surface area contributed by atoms with Crippen LogP contribution in [0.15, 0.2) is 30.5 Å². The van der Waals surface area contributed by atoms with Crippen LogP contribution in [0.2, 0.25) is 0 Å². The number of hydrogen-bond donors (Lipinski definition) is 1. The van der Waals surface area contributed by atoms with E-state index in [0.29, 0.717) is 5.88 Å². The fraction of sp³-hybridized carbons (Fsp3) is 0.571. The van der Waals surface area contributed by atoms with Crippen molar-refractivity contribution >= 4 is 28.7 Å². The summed E-state index contributed by atoms with van der Waals surface area (Å²) in [5.74, 6) is -0.379. The van der Waals surface area contributed by atoms with E-state index in [1.165, 1.54) is 10.5 Å². The molecule has 2 aliphatic rings. The number of amides is 2. The number of rotatable bonds is 2. The van der Waals surface area contributed by atoms with E-state index in [-0.39, 0.29) is 32.1 Å². The van der Waals surface area contributed by atoms with Crippen LogP contribution >= 0.6 is 0 Å². The van der Waals surface area contributed by atoms with Gasteiger partial charge in [0.15, 0.2) is 0 Å². The summed E-state index contributed by atoms with van der Waals surface area (Å²) in [4.78, 5) is 45.3. The van der Waals surface area contributed by atoms with Crippen LogP contribution in [0.4, 0.5) is 4.79 Å². The molecule has 4 rings (SSSR count). The quantitative estimate of drug-likeness (QED) is 0.607. The van der Waals surface area contributed by atoms with Crippen molar-refractivity contribution in [1.82, 2.24) is 15.2 Å². The summed E-state index contributed by atoms with van der Waals surface area (Å²) in [6.45, 7) is 7.96. The minimum absolute atomic E-state index is 0.170. The predicted molar refractivity (Wildman–Crippen MR) is 138 cm³/mol. The summed E-state index contributed by atoms with van der Waals surface area (Å²) in [6, 6.07) is 6.48. The Labute approximate surface area is 217 Å². The number of aryl methyl sites for hydroxylation is 1. The first kappa shape index (κ1) is 26.7. The fourth-order valence-electron chi connectivity index (χ4n) is 4.93. The van der Waals surface area contributed by atoms with Gasteiger partial charge in [0, 0.05) is 18.0 Å². The van der Waals surface area contributed by atoms with Crippen molar-refractivity contribution in [3.05, 3.63) is 36.0 Å². The predicted octanol–water partition coefficient (Wildman–Crippen LogP) is 4.01. The Balaban J connectivity index is 1.70. The molecule has 0 radical (unpaired) electrons. The second-order valence-corrected chi connectivity index (χ2v) is 10.8. The molecular formula is C28H37N3O6. The molecule has 0 aliphatic carbocycles. The Kier molecular flexibility index (Phi) is 8.19. The first-order valence-corrected chi connectivity index (χ1v) is 13.1. The van der Waals surface area contributed by atoms with Crippen molar-refractivity contribution in [2.24, 2.45) is 5.41 Å². The second kappa shape index (κ2) is 11.4. The van der Waals surface area contributed by atoms with Crippen LogP contribution in [0, 0.1) is 5.41 Å². The van der Waals surface area contributed by atoms with Gasteiger partial charge in [0.25, 0.3) is 0 Å². The third kappa shape index (κ3) is 6.32. The van der Waals surface area contributed by atoms with Crippen molar-refractivity contribution in [1.29, 1.82) is 0 Å². The normalized spacial score (nSPS) is 23.6. The van der Waals surface area contributed by atoms with E-state index in [1.807, 2.05) is 26.8 Å². The van der Waals surface area contributed by atoms with Crippen molar-refractivity contribution in [3.8, 4) is 5.88 Å². The van der Waals surface area contributed by atoms with Crippen LogP contribution in [0.3, 0.4) is 0 Å². The van der Waals surface area contributed by atoms with Gasteiger partial charge in [-0.1, -0.05) is 32.9 Å². The zero-order chi connectivity index (χ0) is 26.6. The lowest BCUT2D eigenvalue weighted by atomic mass is 9.85. The van der Waals surface area contributed by atoms with E-state index in [1.54, 1.807) is 13.1 Å². The number of nitrogens with zero attached hydrogens (tertiary/aromatic N) is 2. The number of fused-ring (bicyclic) bond motifs is 3. The number of carbonyl (C=O) groups excluding carboxylic acids is 3. The van der Waals surface area contributed by atoms with Crippen LogP contribution in [0.5, 0.6) is 5.88 Å². The van der Waals surface area contributed by atoms with Gasteiger partial charge >= 0.3 is 12.1 Å². The molecule has 1 saturated heterocycles. The molecule has 4 bridgehead atoms. The third-order valence-corrected chi connectivity index (χ3v) is 6.89. The lowest BCUT2D eigenvalue weighted by Crippen LogP contribution is -2.57. The summed E-state index contributed by atoms with van der Waals surface area (Å²) in [6.07, 6.45) is 4.33. The molecular weight excluding hydrogens is 474 g/mol. The molecule has 3 heterocycles. The summed E-state index contributed by atoms with van der Waals surface area (Å²) in [5, 5.41) is 4.67. The number of benzene rings is 1. The molecule has 2 amide bonds. The molecule has 2 aliphatic heterocycles. The maximum absolute atomic E-state index is 13.8. The number of esters is 1. The first-order valence-electron chi connectivity index (χ1n) is 13.1. The van der Waals surface area contributed by atoms with Gasteiger partial charge in [-0.05, 0) is 61.1 Å². The molecule has 3 atom stereocenters. The molecule has 0 unspecified atom stereocenters. The minimum Gasteiger partial charge on any atom is -0.472 e. The van der Waals surface area contributed by atoms with Crippen molar-refractivity contribution in [3.63, 3.8) is 0 Å². The van der Waals surface area contributed by atoms with Crippen LogP contribution in [0.1, 0.15) is 58.9 Å². The van der Waals surface area contributed by atoms with Gasteiger partial charge in [-0.2, -0.15) is 0 Å². The number of pyridine rings is 1. The van der Waals surface area contributed by atoms with E-state index in [9.17, 15) is 14.4 Å². The van der Waals surface area contributed by atoms with Crippen molar-refractivity contribution < 1.29 is 28.6 Å². The topological polar surface area (TPSA) is 107 Å². The zero-order valence-electron chi connectivity index (χ0n) is 22.1. The van der Waals surface area contributed by atoms with Crippen LogP contribution in [-0.4, -0.2) is 65.8 Å². The Morgan fingerprint density at radius 1 is 1.19 bits per heavy atom. The Morgan fingerprint density at radius 2 is 2.00 bits per heavy atom. The molecule has 37 heavy (non-hydrogen) atoms. The average Bonchev–Trinajstić information content (AvgIpc) is 3.27. The molecule has 1 N–H and O–H groups in total. The largest absolute Gasteiger partial charge is 0.472 e. The highest BCUT2D eigenvalue weighted by Gasteiger charge is 2.46. The lowest BCUT2D eigenvalue weighted by molar-refractivity contribution is -0.154. The van der Waals surface area contributed by atoms with Crippen LogP contribution in [-0.2, 0) is 25.5 Å². The Bertz CT molecular complexity index is 1140. The zero-order valence-corrected chi connectivity index (χ0v) is 22.1. The summed E-state index contributed by atoms with van der Waals surface area (Å²) in [5.41, 5.74) is 0.550. The lowest BCUT2D eigenvalue weighted by Gasteiger charge is -2.34. The van der Waals surface area contributed by atoms with Gasteiger partial charge in [-0.25, -0.2) is 14.6 Å². The first-order chi connectivity index (χ1) is 17.7. The van der Waals surface area contributed by atoms with Crippen LogP contribution in [0.25, 0.3) is 10.8 Å². The number of cyclic esters (lactones) is 1. The highest BCUT2D eigenvalue weighted by Crippen LogP contribution is 2.31. The molecule has 9 nitrogen and oxygen atoms in total. The van der Waals surface area contributed by atoms with Gasteiger partial charge < -0.3 is 24.4 Å². The number of alkyl carbamates (subject to hydrolysis) is 1. The van der Waals surface area contributed by atoms with Gasteiger partial charge in [-0.15, -0.1) is 0 Å². The summed E-state index contributed by atoms with van der Waals surface area (Å²) >= 11 is 0. The molecule has 1 aromatic carbocycles. The summed E-state index contributed by atoms with van der Waals surface area (Å²) in [7, 11) is 0. The van der Waals surface area contributed by atoms with Crippen molar-refractivity contribution in [2.45, 2.75) is 78.0 Å². The van der Waals surface area contributed by atoms with E-state index < -0.39 is 35.7 Å². The fourth-order valence-corrected chi connectivity index (χ4v) is 4.93. The van der Waals surface area contributed by atoms with Gasteiger partial charge in [0.2, 0.25) is 11.8 Å². The van der Waals surface area contributed by atoms with E-state index in [4.69, 9.17) is 14.2 Å². The van der Waals surface area contributed by atoms with E-state index >= 15 is 0 Å². The maximum Gasteiger partial charge on any atom is 0.407 e. The number of aromatic nitrogens is 1. The number of carbonyl (C=O) groups is 3. The van der Waals surface area contributed by atoms with Gasteiger partial charge in [0.1, 0.15) is 18.2 Å². The SMILES string of the molecule is CCOC(=O)[C@@H]1C[C@@H]2CN1C(=O)[C@H](C(C)(C)C)NC(=O)OCCCCCc1ccc3ccnc(c3c1)O2. The minimum atomic E-state index is -0.896. The highest BCUT2D eigenvalue weighted by molar-refractivity contribution is 5.91. The smallest absolute Gasteiger partial charge is 0.407 e. The molecule has 1 aromatic heterocycles. The Morgan fingerprint density at radius 3 is 2.76 bits per heavy atom. The summed E-state index contributed by atoms with van der Waals surface area (Å²) < 4.78 is 17.0. The number of nitrogens with one attached hydrogen (secondary N) is 1. The molecule has 0 saturated carbocycles. The highest BCUT2D eigenvalue weighted by atomic mass is 16.5. The maximum atomic E-state index is 13.8. The van der Waals surface area contributed by atoms with Gasteiger partial charge in [-0.3, -0.25) is 4.79 Å². The van der Waals surface area contributed by atoms with Crippen molar-refractivity contribution in [2.75, 3.05) is 19.8 Å². The number of hydrogen-bond acceptors (Lipinski definition) is 7. The van der Waals surface area contributed by atoms with E-state index in [2.05, 4.69) is 28.5 Å². The number of ether oxygens (including phenoxy) is 3. The molecule has 2 aromatic rings. The average molecular weight is 512 g/mol. The second-order valence-electron chi connectivity index (χ2n) is 10.8. The van der Waals surface area contributed by atoms with Gasteiger partial charge in [0.05, 0.1) is 19.8 Å². The molecule has 200 valence electrons. The molecule has 1 fully saturated rings. The van der Waals surface area contributed by atoms with Crippen LogP contribution < -0.4 is 10.1 Å². The molecule has 0 spiro atoms. The van der Waals surface area contributed by atoms with E-state index in [0.717, 1.165) is 36.5 Å². The Hall–Kier alpha value is -3.36. The molecule has 9 heteroatoms. The monoisotopic (exact) mass is 511 g/mol.